The molecule has 0 spiro atoms. The van der Waals surface area contributed by atoms with Crippen LogP contribution in [0.5, 0.6) is 0 Å². The Balaban J connectivity index is 0.00000147. The van der Waals surface area contributed by atoms with Gasteiger partial charge < -0.3 is 10.1 Å². The third-order valence-corrected chi connectivity index (χ3v) is 6.20. The van der Waals surface area contributed by atoms with Crippen LogP contribution in [0.4, 0.5) is 0 Å². The summed E-state index contributed by atoms with van der Waals surface area (Å²) in [4.78, 5) is 11.7. The average molecular weight is 339 g/mol. The van der Waals surface area contributed by atoms with Gasteiger partial charge in [-0.1, -0.05) is 0 Å². The van der Waals surface area contributed by atoms with Crippen molar-refractivity contribution in [3.63, 3.8) is 0 Å². The first-order valence-electron chi connectivity index (χ1n) is 5.93. The lowest BCUT2D eigenvalue weighted by Gasteiger charge is -2.08. The number of carbonyl (C=O) groups is 1. The zero-order valence-electron chi connectivity index (χ0n) is 10.7. The molecule has 20 heavy (non-hydrogen) atoms. The van der Waals surface area contributed by atoms with Gasteiger partial charge in [0.05, 0.1) is 7.11 Å². The molecule has 6 nitrogen and oxygen atoms in total. The lowest BCUT2D eigenvalue weighted by Crippen LogP contribution is -2.33. The number of rotatable bonds is 4. The summed E-state index contributed by atoms with van der Waals surface area (Å²) < 4.78 is 31.8. The van der Waals surface area contributed by atoms with Gasteiger partial charge in [-0.05, 0) is 36.4 Å². The number of halogens is 1. The highest BCUT2D eigenvalue weighted by Gasteiger charge is 2.54. The van der Waals surface area contributed by atoms with E-state index >= 15 is 0 Å². The van der Waals surface area contributed by atoms with Gasteiger partial charge >= 0.3 is 5.97 Å². The van der Waals surface area contributed by atoms with Crippen LogP contribution in [0.3, 0.4) is 0 Å². The molecular formula is C11H15ClN2O4S2. The summed E-state index contributed by atoms with van der Waals surface area (Å²) >= 11 is 1.07. The topological polar surface area (TPSA) is 84.5 Å². The summed E-state index contributed by atoms with van der Waals surface area (Å²) in [6.07, 6.45) is 0. The quantitative estimate of drug-likeness (QED) is 0.779. The van der Waals surface area contributed by atoms with Gasteiger partial charge in [-0.25, -0.2) is 17.9 Å². The molecule has 0 radical (unpaired) electrons. The van der Waals surface area contributed by atoms with Crippen molar-refractivity contribution in [2.24, 2.45) is 11.8 Å². The molecule has 1 saturated heterocycles. The normalized spacial score (nSPS) is 27.6. The highest BCUT2D eigenvalue weighted by atomic mass is 35.5. The van der Waals surface area contributed by atoms with Crippen LogP contribution in [0.25, 0.3) is 0 Å². The molecule has 0 bridgehead atoms. The molecule has 2 fully saturated rings. The number of esters is 1. The lowest BCUT2D eigenvalue weighted by atomic mass is 10.4. The van der Waals surface area contributed by atoms with Crippen LogP contribution in [0.15, 0.2) is 16.3 Å². The Bertz CT molecular complexity index is 606. The Labute approximate surface area is 127 Å². The second-order valence-electron chi connectivity index (χ2n) is 4.74. The Kier molecular flexibility index (Phi) is 4.41. The minimum absolute atomic E-state index is 0. The molecule has 2 atom stereocenters. The van der Waals surface area contributed by atoms with E-state index in [9.17, 15) is 13.2 Å². The van der Waals surface area contributed by atoms with Crippen LogP contribution in [-0.4, -0.2) is 40.6 Å². The van der Waals surface area contributed by atoms with Gasteiger partial charge in [0.1, 0.15) is 9.77 Å². The van der Waals surface area contributed by atoms with Gasteiger partial charge in [0, 0.05) is 6.04 Å². The third-order valence-electron chi connectivity index (χ3n) is 3.67. The van der Waals surface area contributed by atoms with Crippen LogP contribution in [0.2, 0.25) is 0 Å². The van der Waals surface area contributed by atoms with Crippen molar-refractivity contribution < 1.29 is 17.9 Å². The molecular weight excluding hydrogens is 324 g/mol. The average Bonchev–Trinajstić information content (AvgIpc) is 2.87. The molecule has 2 N–H and O–H groups in total. The SMILES string of the molecule is COC(=O)c1sccc1S(=O)(=O)NC1C2CNCC21.Cl. The van der Waals surface area contributed by atoms with E-state index in [4.69, 9.17) is 0 Å². The number of hydrogen-bond acceptors (Lipinski definition) is 6. The maximum atomic E-state index is 12.3. The van der Waals surface area contributed by atoms with E-state index in [1.165, 1.54) is 13.2 Å². The molecule has 2 unspecified atom stereocenters. The summed E-state index contributed by atoms with van der Waals surface area (Å²) in [5, 5.41) is 4.78. The molecule has 1 saturated carbocycles. The van der Waals surface area contributed by atoms with Crippen LogP contribution in [0, 0.1) is 11.8 Å². The van der Waals surface area contributed by atoms with E-state index in [2.05, 4.69) is 14.8 Å². The van der Waals surface area contributed by atoms with Crippen molar-refractivity contribution in [2.75, 3.05) is 20.2 Å². The molecule has 9 heteroatoms. The van der Waals surface area contributed by atoms with E-state index in [0.717, 1.165) is 24.4 Å². The largest absolute Gasteiger partial charge is 0.465 e. The molecule has 0 aromatic carbocycles. The fourth-order valence-electron chi connectivity index (χ4n) is 2.59. The number of carbonyl (C=O) groups excluding carboxylic acids is 1. The number of piperidine rings is 1. The fourth-order valence-corrected chi connectivity index (χ4v) is 5.26. The van der Waals surface area contributed by atoms with Crippen LogP contribution >= 0.6 is 23.7 Å². The molecule has 0 amide bonds. The first-order valence-corrected chi connectivity index (χ1v) is 8.30. The van der Waals surface area contributed by atoms with E-state index in [1.54, 1.807) is 5.38 Å². The van der Waals surface area contributed by atoms with Gasteiger partial charge in [0.25, 0.3) is 0 Å². The minimum Gasteiger partial charge on any atom is -0.465 e. The molecule has 3 rings (SSSR count). The first kappa shape index (κ1) is 15.7. The molecule has 2 heterocycles. The predicted octanol–water partition coefficient (Wildman–Crippen LogP) is 0.453. The highest BCUT2D eigenvalue weighted by Crippen LogP contribution is 2.42. The monoisotopic (exact) mass is 338 g/mol. The van der Waals surface area contributed by atoms with Gasteiger partial charge in [-0.15, -0.1) is 23.7 Å². The Morgan fingerprint density at radius 1 is 1.45 bits per heavy atom. The zero-order chi connectivity index (χ0) is 13.6. The number of sulfonamides is 1. The van der Waals surface area contributed by atoms with E-state index in [-0.39, 0.29) is 28.2 Å². The second-order valence-corrected chi connectivity index (χ2v) is 7.34. The van der Waals surface area contributed by atoms with Crippen molar-refractivity contribution in [1.29, 1.82) is 0 Å². The molecule has 2 aliphatic rings. The van der Waals surface area contributed by atoms with Crippen molar-refractivity contribution in [1.82, 2.24) is 10.0 Å². The number of thiophene rings is 1. The van der Waals surface area contributed by atoms with Gasteiger partial charge in [-0.3, -0.25) is 0 Å². The minimum atomic E-state index is -3.65. The Hall–Kier alpha value is -0.670. The van der Waals surface area contributed by atoms with Crippen LogP contribution < -0.4 is 10.0 Å². The number of methoxy groups -OCH3 is 1. The molecule has 1 aliphatic heterocycles. The van der Waals surface area contributed by atoms with E-state index in [1.807, 2.05) is 0 Å². The Morgan fingerprint density at radius 2 is 2.10 bits per heavy atom. The van der Waals surface area contributed by atoms with Gasteiger partial charge in [0.15, 0.2) is 0 Å². The first-order chi connectivity index (χ1) is 9.04. The van der Waals surface area contributed by atoms with Crippen molar-refractivity contribution in [3.05, 3.63) is 16.3 Å². The number of fused-ring (bicyclic) bond motifs is 1. The fraction of sp³-hybridized carbons (Fsp3) is 0.545. The van der Waals surface area contributed by atoms with E-state index in [0.29, 0.717) is 11.8 Å². The molecule has 1 aliphatic carbocycles. The second kappa shape index (κ2) is 5.61. The summed E-state index contributed by atoms with van der Waals surface area (Å²) in [7, 11) is -2.41. The molecule has 112 valence electrons. The maximum Gasteiger partial charge on any atom is 0.349 e. The maximum absolute atomic E-state index is 12.3. The smallest absolute Gasteiger partial charge is 0.349 e. The highest BCUT2D eigenvalue weighted by molar-refractivity contribution is 7.89. The number of hydrogen-bond donors (Lipinski definition) is 2. The third kappa shape index (κ3) is 2.58. The van der Waals surface area contributed by atoms with Crippen molar-refractivity contribution in [3.8, 4) is 0 Å². The molecule has 1 aromatic rings. The van der Waals surface area contributed by atoms with Crippen LogP contribution in [0.1, 0.15) is 9.67 Å². The van der Waals surface area contributed by atoms with Gasteiger partial charge in [-0.2, -0.15) is 0 Å². The van der Waals surface area contributed by atoms with Gasteiger partial charge in [0.2, 0.25) is 10.0 Å². The predicted molar refractivity (Wildman–Crippen MR) is 76.9 cm³/mol. The molecule has 1 aromatic heterocycles. The Morgan fingerprint density at radius 3 is 2.70 bits per heavy atom. The standard InChI is InChI=1S/C11H14N2O4S2.ClH/c1-17-11(14)10-8(2-3-18-10)19(15,16)13-9-6-4-12-5-7(6)9;/h2-3,6-7,9,12-13H,4-5H2,1H3;1H. The number of ether oxygens (including phenoxy) is 1. The van der Waals surface area contributed by atoms with Crippen molar-refractivity contribution >= 4 is 39.7 Å². The lowest BCUT2D eigenvalue weighted by molar-refractivity contribution is 0.0602. The zero-order valence-corrected chi connectivity index (χ0v) is 13.1. The number of nitrogens with one attached hydrogen (secondary N) is 2. The summed E-state index contributed by atoms with van der Waals surface area (Å²) in [5.41, 5.74) is 0. The van der Waals surface area contributed by atoms with Crippen molar-refractivity contribution in [2.45, 2.75) is 10.9 Å². The van der Waals surface area contributed by atoms with E-state index < -0.39 is 16.0 Å². The summed E-state index contributed by atoms with van der Waals surface area (Å²) in [6.45, 7) is 1.71. The summed E-state index contributed by atoms with van der Waals surface area (Å²) in [5.74, 6) is 0.151. The summed E-state index contributed by atoms with van der Waals surface area (Å²) in [6, 6.07) is 1.44. The van der Waals surface area contributed by atoms with Crippen LogP contribution in [-0.2, 0) is 14.8 Å².